The molecule has 0 aromatic carbocycles. The number of ether oxygens (including phenoxy) is 2. The van der Waals surface area contributed by atoms with Gasteiger partial charge in [-0.1, -0.05) is 0 Å². The fourth-order valence-electron chi connectivity index (χ4n) is 5.16. The molecule has 4 fully saturated rings. The smallest absolute Gasteiger partial charge is 0.419 e. The number of carbonyl (C=O) groups excluding carboxylic acids is 1. The van der Waals surface area contributed by atoms with Crippen LogP contribution in [0.25, 0.3) is 0 Å². The fraction of sp³-hybridized carbons (Fsp3) is 0.941. The zero-order chi connectivity index (χ0) is 18.5. The molecule has 4 nitrogen and oxygen atoms in total. The normalized spacial score (nSPS) is 37.4. The van der Waals surface area contributed by atoms with Crippen LogP contribution in [0.2, 0.25) is 0 Å². The minimum absolute atomic E-state index is 0.0881. The predicted molar refractivity (Wildman–Crippen MR) is 79.2 cm³/mol. The Morgan fingerprint density at radius 1 is 1.12 bits per heavy atom. The summed E-state index contributed by atoms with van der Waals surface area (Å²) in [4.78, 5) is 12.5. The predicted octanol–water partition coefficient (Wildman–Crippen LogP) is 3.52. The van der Waals surface area contributed by atoms with E-state index in [4.69, 9.17) is 4.74 Å². The molecule has 0 aromatic rings. The lowest BCUT2D eigenvalue weighted by atomic mass is 9.48. The summed E-state index contributed by atoms with van der Waals surface area (Å²) >= 11 is 0. The highest BCUT2D eigenvalue weighted by Crippen LogP contribution is 2.61. The van der Waals surface area contributed by atoms with Crippen molar-refractivity contribution in [3.05, 3.63) is 0 Å². The monoisotopic (exact) mass is 368 g/mol. The van der Waals surface area contributed by atoms with Crippen LogP contribution >= 0.6 is 0 Å². The molecule has 0 aromatic heterocycles. The van der Waals surface area contributed by atoms with E-state index in [1.807, 2.05) is 0 Å². The first-order chi connectivity index (χ1) is 11.4. The molecule has 4 aliphatic carbocycles. The maximum Gasteiger partial charge on any atom is 0.419 e. The van der Waals surface area contributed by atoms with E-state index in [0.717, 1.165) is 19.3 Å². The van der Waals surface area contributed by atoms with Crippen molar-refractivity contribution in [1.82, 2.24) is 0 Å². The van der Waals surface area contributed by atoms with Gasteiger partial charge in [-0.25, -0.2) is 0 Å². The first-order valence-electron chi connectivity index (χ1n) is 8.74. The molecule has 25 heavy (non-hydrogen) atoms. The van der Waals surface area contributed by atoms with E-state index >= 15 is 0 Å². The van der Waals surface area contributed by atoms with Gasteiger partial charge in [-0.05, 0) is 50.4 Å². The van der Waals surface area contributed by atoms with Crippen LogP contribution in [0.5, 0.6) is 0 Å². The number of halogens is 4. The summed E-state index contributed by atoms with van der Waals surface area (Å²) in [6, 6.07) is 0. The molecule has 4 saturated carbocycles. The zero-order valence-electron chi connectivity index (χ0n) is 14.2. The lowest BCUT2D eigenvalue weighted by molar-refractivity contribution is -0.341. The highest BCUT2D eigenvalue weighted by molar-refractivity contribution is 5.77. The molecule has 0 radical (unpaired) electrons. The number of hydrogen-bond acceptors (Lipinski definition) is 4. The first kappa shape index (κ1) is 18.9. The molecule has 0 heterocycles. The summed E-state index contributed by atoms with van der Waals surface area (Å²) in [7, 11) is 0. The third-order valence-electron chi connectivity index (χ3n) is 5.78. The topological polar surface area (TPSA) is 55.8 Å². The molecule has 2 atom stereocenters. The van der Waals surface area contributed by atoms with Crippen molar-refractivity contribution in [3.63, 3.8) is 0 Å². The Kier molecular flexibility index (Phi) is 4.59. The van der Waals surface area contributed by atoms with Crippen LogP contribution in [0.1, 0.15) is 51.9 Å². The molecule has 8 heteroatoms. The van der Waals surface area contributed by atoms with Crippen LogP contribution in [0.3, 0.4) is 0 Å². The Morgan fingerprint density at radius 2 is 1.72 bits per heavy atom. The van der Waals surface area contributed by atoms with Crippen molar-refractivity contribution >= 4 is 5.97 Å². The van der Waals surface area contributed by atoms with E-state index in [1.165, 1.54) is 0 Å². The Balaban J connectivity index is 1.46. The highest BCUT2D eigenvalue weighted by atomic mass is 19.3. The second-order valence-corrected chi connectivity index (χ2v) is 8.21. The van der Waals surface area contributed by atoms with Gasteiger partial charge in [-0.3, -0.25) is 4.79 Å². The van der Waals surface area contributed by atoms with Crippen molar-refractivity contribution < 1.29 is 36.9 Å². The summed E-state index contributed by atoms with van der Waals surface area (Å²) in [5.74, 6) is -4.02. The summed E-state index contributed by atoms with van der Waals surface area (Å²) < 4.78 is 60.3. The Morgan fingerprint density at radius 3 is 2.24 bits per heavy atom. The van der Waals surface area contributed by atoms with Crippen LogP contribution in [0, 0.1) is 17.3 Å². The van der Waals surface area contributed by atoms with Crippen LogP contribution in [0.4, 0.5) is 17.6 Å². The van der Waals surface area contributed by atoms with Gasteiger partial charge in [0.2, 0.25) is 0 Å². The van der Waals surface area contributed by atoms with E-state index in [1.54, 1.807) is 0 Å². The molecule has 4 rings (SSSR count). The van der Waals surface area contributed by atoms with Gasteiger partial charge in [0.05, 0.1) is 24.2 Å². The molecule has 144 valence electrons. The van der Waals surface area contributed by atoms with Crippen molar-refractivity contribution in [2.75, 3.05) is 13.2 Å². The summed E-state index contributed by atoms with van der Waals surface area (Å²) in [6.07, 6.45) is -0.360. The maximum atomic E-state index is 13.0. The minimum Gasteiger partial charge on any atom is -0.465 e. The Hall–Kier alpha value is -0.890. The standard InChI is InChI=1S/C17H24F4O4/c1-14(18,19)17(20,21)25-4-2-3-24-13(22)15-6-11-5-12(7-15)9-16(23,8-11)10-15/h11-12,23H,2-10H2,1H3. The van der Waals surface area contributed by atoms with Gasteiger partial charge >= 0.3 is 18.0 Å². The highest BCUT2D eigenvalue weighted by Gasteiger charge is 2.61. The van der Waals surface area contributed by atoms with Crippen LogP contribution in [-0.4, -0.2) is 41.9 Å². The van der Waals surface area contributed by atoms with E-state index < -0.39 is 35.6 Å². The van der Waals surface area contributed by atoms with Crippen molar-refractivity contribution in [2.24, 2.45) is 17.3 Å². The van der Waals surface area contributed by atoms with Gasteiger partial charge in [-0.2, -0.15) is 17.6 Å². The van der Waals surface area contributed by atoms with Gasteiger partial charge in [0.15, 0.2) is 0 Å². The van der Waals surface area contributed by atoms with Crippen LogP contribution < -0.4 is 0 Å². The van der Waals surface area contributed by atoms with E-state index in [9.17, 15) is 27.5 Å². The number of esters is 1. The van der Waals surface area contributed by atoms with Crippen LogP contribution in [-0.2, 0) is 14.3 Å². The van der Waals surface area contributed by atoms with E-state index in [0.29, 0.717) is 31.1 Å². The first-order valence-corrected chi connectivity index (χ1v) is 8.74. The fourth-order valence-corrected chi connectivity index (χ4v) is 5.16. The molecule has 4 bridgehead atoms. The SMILES string of the molecule is CC(F)(F)C(F)(F)OCCCOC(=O)C12CC3CC(CC(O)(C3)C1)C2. The average molecular weight is 368 g/mol. The molecule has 0 aliphatic heterocycles. The molecule has 4 aliphatic rings. The van der Waals surface area contributed by atoms with Gasteiger partial charge in [-0.15, -0.1) is 0 Å². The third-order valence-corrected chi connectivity index (χ3v) is 5.78. The lowest BCUT2D eigenvalue weighted by Crippen LogP contribution is -2.58. The molecule has 0 spiro atoms. The lowest BCUT2D eigenvalue weighted by Gasteiger charge is -2.58. The number of rotatable bonds is 7. The van der Waals surface area contributed by atoms with Gasteiger partial charge < -0.3 is 14.6 Å². The van der Waals surface area contributed by atoms with E-state index in [-0.39, 0.29) is 20.0 Å². The van der Waals surface area contributed by atoms with Crippen molar-refractivity contribution in [1.29, 1.82) is 0 Å². The summed E-state index contributed by atoms with van der Waals surface area (Å²) in [5.41, 5.74) is -1.47. The molecule has 2 unspecified atom stereocenters. The van der Waals surface area contributed by atoms with Crippen LogP contribution in [0.15, 0.2) is 0 Å². The summed E-state index contributed by atoms with van der Waals surface area (Å²) in [6.45, 7) is -0.712. The van der Waals surface area contributed by atoms with Gasteiger partial charge in [0, 0.05) is 13.3 Å². The Bertz CT molecular complexity index is 517. The second kappa shape index (κ2) is 6.08. The number of aliphatic hydroxyl groups is 1. The molecular weight excluding hydrogens is 344 g/mol. The minimum atomic E-state index is -4.54. The van der Waals surface area contributed by atoms with Crippen molar-refractivity contribution in [2.45, 2.75) is 69.5 Å². The number of alkyl halides is 4. The number of carbonyl (C=O) groups is 1. The number of hydrogen-bond donors (Lipinski definition) is 1. The molecule has 0 saturated heterocycles. The third kappa shape index (κ3) is 3.65. The molecular formula is C17H24F4O4. The van der Waals surface area contributed by atoms with Gasteiger partial charge in [0.25, 0.3) is 0 Å². The summed E-state index contributed by atoms with van der Waals surface area (Å²) in [5, 5.41) is 10.6. The quantitative estimate of drug-likeness (QED) is 0.424. The largest absolute Gasteiger partial charge is 0.465 e. The maximum absolute atomic E-state index is 13.0. The Labute approximate surface area is 143 Å². The van der Waals surface area contributed by atoms with Gasteiger partial charge in [0.1, 0.15) is 0 Å². The van der Waals surface area contributed by atoms with E-state index in [2.05, 4.69) is 4.74 Å². The second-order valence-electron chi connectivity index (χ2n) is 8.21. The molecule has 0 amide bonds. The zero-order valence-corrected chi connectivity index (χ0v) is 14.2. The average Bonchev–Trinajstić information content (AvgIpc) is 2.42. The molecule has 1 N–H and O–H groups in total. The van der Waals surface area contributed by atoms with Crippen molar-refractivity contribution in [3.8, 4) is 0 Å².